The SMILES string of the molecule is CC(=O)C1CCC(C(=O)OCC2CCC(C(=O)Oc3ccc(OC(=O)C4CCC(C(C)OC(=O)C5CCC(C(C)=O)CC5)CC4)c4nc(-c5cc6c(C)cc(C)cc6o5)sc34)CC2)CC1. The number of carbonyl (C=O) groups is 6. The van der Waals surface area contributed by atoms with E-state index in [2.05, 4.69) is 6.07 Å². The van der Waals surface area contributed by atoms with Crippen molar-refractivity contribution in [3.63, 3.8) is 0 Å². The highest BCUT2D eigenvalue weighted by atomic mass is 32.1. The van der Waals surface area contributed by atoms with Gasteiger partial charge in [-0.3, -0.25) is 28.8 Å². The van der Waals surface area contributed by atoms with Crippen molar-refractivity contribution in [1.82, 2.24) is 4.98 Å². The maximum atomic E-state index is 13.8. The summed E-state index contributed by atoms with van der Waals surface area (Å²) in [6, 6.07) is 9.37. The molecule has 4 aromatic rings. The fraction of sp³-hybridized carbons (Fsp3) is 0.596. The number of Topliss-reactive ketones (excluding diaryl/α,β-unsaturated/α-hetero) is 2. The van der Waals surface area contributed by atoms with E-state index < -0.39 is 0 Å². The molecule has 2 aromatic heterocycles. The first-order valence-electron chi connectivity index (χ1n) is 24.0. The molecule has 0 radical (unpaired) electrons. The molecule has 12 nitrogen and oxygen atoms in total. The smallest absolute Gasteiger partial charge is 0.314 e. The molecular formula is C52H63NO11S. The minimum Gasteiger partial charge on any atom is -0.465 e. The van der Waals surface area contributed by atoms with Gasteiger partial charge in [0.25, 0.3) is 0 Å². The first-order chi connectivity index (χ1) is 31.2. The maximum Gasteiger partial charge on any atom is 0.314 e. The minimum atomic E-state index is -0.353. The van der Waals surface area contributed by atoms with Crippen molar-refractivity contribution in [1.29, 1.82) is 0 Å². The van der Waals surface area contributed by atoms with E-state index in [1.165, 1.54) is 11.3 Å². The number of aryl methyl sites for hydroxylation is 2. The minimum absolute atomic E-state index is 0.0478. The first kappa shape index (κ1) is 46.6. The number of furan rings is 1. The Bertz CT molecular complexity index is 2420. The number of nitrogens with zero attached hydrogens (tertiary/aromatic N) is 1. The molecule has 0 spiro atoms. The summed E-state index contributed by atoms with van der Waals surface area (Å²) in [6.45, 7) is 9.58. The standard InChI is InChI=1S/C52H63NO11S/c1-28-24-29(2)41-26-45(62-44(41)25-28)48-53-46-42(63-51(58)40-20-14-36(15-21-40)32(5)61-50(57)39-18-12-35(13-19-39)31(4)55)22-23-43(47(46)65-48)64-52(59)38-8-6-33(7-9-38)27-60-49(56)37-16-10-34(11-17-37)30(3)54/h22-26,32-40H,6-21,27H2,1-5H3. The number of aromatic nitrogens is 1. The van der Waals surface area contributed by atoms with Gasteiger partial charge < -0.3 is 23.4 Å². The molecule has 0 aliphatic heterocycles. The molecule has 13 heteroatoms. The molecule has 0 amide bonds. The van der Waals surface area contributed by atoms with Gasteiger partial charge in [-0.1, -0.05) is 6.07 Å². The van der Waals surface area contributed by atoms with Crippen molar-refractivity contribution in [2.24, 2.45) is 47.3 Å². The highest BCUT2D eigenvalue weighted by Gasteiger charge is 2.36. The molecule has 348 valence electrons. The predicted molar refractivity (Wildman–Crippen MR) is 245 cm³/mol. The van der Waals surface area contributed by atoms with Crippen LogP contribution in [-0.2, 0) is 38.2 Å². The lowest BCUT2D eigenvalue weighted by Gasteiger charge is -2.32. The number of hydrogen-bond donors (Lipinski definition) is 0. The van der Waals surface area contributed by atoms with Crippen molar-refractivity contribution < 1.29 is 52.1 Å². The van der Waals surface area contributed by atoms with Crippen LogP contribution in [-0.4, -0.2) is 53.1 Å². The normalized spacial score (nSPS) is 26.5. The third kappa shape index (κ3) is 10.9. The highest BCUT2D eigenvalue weighted by Crippen LogP contribution is 2.44. The Balaban J connectivity index is 0.900. The largest absolute Gasteiger partial charge is 0.465 e. The number of thiazole rings is 1. The van der Waals surface area contributed by atoms with Gasteiger partial charge in [-0.2, -0.15) is 0 Å². The Morgan fingerprint density at radius 2 is 1.15 bits per heavy atom. The van der Waals surface area contributed by atoms with Crippen LogP contribution in [0.25, 0.3) is 32.0 Å². The molecule has 0 bridgehead atoms. The van der Waals surface area contributed by atoms with Gasteiger partial charge in [0.15, 0.2) is 22.3 Å². The van der Waals surface area contributed by atoms with E-state index in [0.29, 0.717) is 84.7 Å². The summed E-state index contributed by atoms with van der Waals surface area (Å²) in [4.78, 5) is 81.9. The van der Waals surface area contributed by atoms with Gasteiger partial charge in [0.2, 0.25) is 0 Å². The van der Waals surface area contributed by atoms with Gasteiger partial charge >= 0.3 is 23.9 Å². The van der Waals surface area contributed by atoms with Crippen molar-refractivity contribution in [3.05, 3.63) is 41.5 Å². The zero-order valence-corrected chi connectivity index (χ0v) is 39.3. The van der Waals surface area contributed by atoms with Crippen molar-refractivity contribution in [3.8, 4) is 22.3 Å². The number of ether oxygens (including phenoxy) is 4. The Hall–Kier alpha value is -4.91. The van der Waals surface area contributed by atoms with Gasteiger partial charge in [0.1, 0.15) is 33.5 Å². The molecule has 4 aliphatic carbocycles. The fourth-order valence-electron chi connectivity index (χ4n) is 10.8. The molecule has 4 aliphatic rings. The number of ketones is 2. The van der Waals surface area contributed by atoms with E-state index >= 15 is 0 Å². The Kier molecular flexibility index (Phi) is 14.6. The van der Waals surface area contributed by atoms with Crippen molar-refractivity contribution in [2.45, 2.75) is 143 Å². The van der Waals surface area contributed by atoms with E-state index in [-0.39, 0.29) is 94.6 Å². The van der Waals surface area contributed by atoms with Gasteiger partial charge in [0, 0.05) is 17.2 Å². The van der Waals surface area contributed by atoms with E-state index in [4.69, 9.17) is 28.3 Å². The molecule has 1 unspecified atom stereocenters. The second-order valence-corrected chi connectivity index (χ2v) is 20.6. The van der Waals surface area contributed by atoms with Gasteiger partial charge in [-0.15, -0.1) is 11.3 Å². The van der Waals surface area contributed by atoms with E-state index in [1.807, 2.05) is 32.9 Å². The first-order valence-corrected chi connectivity index (χ1v) is 24.8. The predicted octanol–water partition coefficient (Wildman–Crippen LogP) is 11.0. The topological polar surface area (TPSA) is 165 Å². The number of esters is 4. The van der Waals surface area contributed by atoms with Crippen LogP contribution < -0.4 is 9.47 Å². The maximum absolute atomic E-state index is 13.8. The number of fused-ring (bicyclic) bond motifs is 2. The van der Waals surface area contributed by atoms with Crippen LogP contribution in [0.1, 0.15) is 135 Å². The molecule has 65 heavy (non-hydrogen) atoms. The lowest BCUT2D eigenvalue weighted by atomic mass is 9.79. The molecule has 4 saturated carbocycles. The Labute approximate surface area is 384 Å². The number of carbonyl (C=O) groups excluding carboxylic acids is 6. The molecule has 2 aromatic carbocycles. The fourth-order valence-corrected chi connectivity index (χ4v) is 11.7. The zero-order chi connectivity index (χ0) is 45.9. The number of benzene rings is 2. The second-order valence-electron chi connectivity index (χ2n) is 19.6. The second kappa shape index (κ2) is 20.3. The molecule has 0 N–H and O–H groups in total. The molecule has 1 atom stereocenters. The monoisotopic (exact) mass is 909 g/mol. The molecule has 8 rings (SSSR count). The van der Waals surface area contributed by atoms with E-state index in [1.54, 1.807) is 26.0 Å². The lowest BCUT2D eigenvalue weighted by Crippen LogP contribution is -2.34. The summed E-state index contributed by atoms with van der Waals surface area (Å²) < 4.78 is 30.8. The van der Waals surface area contributed by atoms with Crippen LogP contribution in [0.4, 0.5) is 0 Å². The van der Waals surface area contributed by atoms with Crippen LogP contribution in [0.3, 0.4) is 0 Å². The number of hydrogen-bond acceptors (Lipinski definition) is 13. The summed E-state index contributed by atoms with van der Waals surface area (Å²) in [5.41, 5.74) is 3.31. The third-order valence-electron chi connectivity index (χ3n) is 15.1. The van der Waals surface area contributed by atoms with Crippen molar-refractivity contribution in [2.75, 3.05) is 6.61 Å². The zero-order valence-electron chi connectivity index (χ0n) is 38.4. The van der Waals surface area contributed by atoms with E-state index in [0.717, 1.165) is 73.5 Å². The average molecular weight is 910 g/mol. The van der Waals surface area contributed by atoms with E-state index in [9.17, 15) is 28.8 Å². The molecule has 2 heterocycles. The lowest BCUT2D eigenvalue weighted by molar-refractivity contribution is -0.159. The summed E-state index contributed by atoms with van der Waals surface area (Å²) in [6.07, 6.45) is 10.7. The van der Waals surface area contributed by atoms with Gasteiger partial charge in [0.05, 0.1) is 30.3 Å². The van der Waals surface area contributed by atoms with Crippen LogP contribution in [0, 0.1) is 61.2 Å². The highest BCUT2D eigenvalue weighted by molar-refractivity contribution is 7.22. The van der Waals surface area contributed by atoms with Crippen molar-refractivity contribution >= 4 is 68.0 Å². The summed E-state index contributed by atoms with van der Waals surface area (Å²) >= 11 is 1.32. The quantitative estimate of drug-likeness (QED) is 0.0922. The molecule has 0 saturated heterocycles. The van der Waals surface area contributed by atoms with Crippen LogP contribution in [0.2, 0.25) is 0 Å². The van der Waals surface area contributed by atoms with Gasteiger partial charge in [-0.05, 0) is 185 Å². The molecule has 4 fully saturated rings. The Morgan fingerprint density at radius 1 is 0.646 bits per heavy atom. The third-order valence-corrected chi connectivity index (χ3v) is 16.2. The van der Waals surface area contributed by atoms with Crippen LogP contribution in [0.5, 0.6) is 11.5 Å². The van der Waals surface area contributed by atoms with Crippen LogP contribution in [0.15, 0.2) is 34.7 Å². The summed E-state index contributed by atoms with van der Waals surface area (Å²) in [5.74, 6) is -0.0589. The Morgan fingerprint density at radius 3 is 1.75 bits per heavy atom. The molecular weight excluding hydrogens is 847 g/mol. The summed E-state index contributed by atoms with van der Waals surface area (Å²) in [5, 5.41) is 1.54. The summed E-state index contributed by atoms with van der Waals surface area (Å²) in [7, 11) is 0. The van der Waals surface area contributed by atoms with Gasteiger partial charge in [-0.25, -0.2) is 4.98 Å². The average Bonchev–Trinajstić information content (AvgIpc) is 3.95. The number of rotatable bonds is 13. The van der Waals surface area contributed by atoms with Crippen LogP contribution >= 0.6 is 11.3 Å².